The van der Waals surface area contributed by atoms with E-state index in [4.69, 9.17) is 5.73 Å². The number of hydrogen-bond donors (Lipinski definition) is 1. The van der Waals surface area contributed by atoms with Crippen molar-refractivity contribution in [3.63, 3.8) is 0 Å². The van der Waals surface area contributed by atoms with Crippen molar-refractivity contribution in [1.82, 2.24) is 9.55 Å². The molecule has 3 rings (SSSR count). The zero-order valence-electron chi connectivity index (χ0n) is 11.5. The van der Waals surface area contributed by atoms with Crippen LogP contribution < -0.4 is 5.73 Å². The Morgan fingerprint density at radius 3 is 2.82 bits per heavy atom. The number of benzene rings is 1. The van der Waals surface area contributed by atoms with Gasteiger partial charge in [0.1, 0.15) is 17.1 Å². The number of amidine groups is 1. The van der Waals surface area contributed by atoms with Crippen LogP contribution in [-0.2, 0) is 12.1 Å². The van der Waals surface area contributed by atoms with Crippen LogP contribution in [0.1, 0.15) is 30.4 Å². The second-order valence-electron chi connectivity index (χ2n) is 5.31. The highest BCUT2D eigenvalue weighted by atomic mass is 79.9. The van der Waals surface area contributed by atoms with E-state index >= 15 is 0 Å². The lowest BCUT2D eigenvalue weighted by Crippen LogP contribution is -2.37. The van der Waals surface area contributed by atoms with E-state index in [1.54, 1.807) is 19.1 Å². The number of halogens is 4. The molecule has 4 nitrogen and oxygen atoms in total. The lowest BCUT2D eigenvalue weighted by Gasteiger charge is -2.31. The highest BCUT2D eigenvalue weighted by molar-refractivity contribution is 9.10. The van der Waals surface area contributed by atoms with Crippen molar-refractivity contribution in [2.24, 2.45) is 10.7 Å². The minimum Gasteiger partial charge on any atom is -0.381 e. The molecule has 1 atom stereocenters. The van der Waals surface area contributed by atoms with Crippen LogP contribution in [0.5, 0.6) is 0 Å². The monoisotopic (exact) mass is 372 g/mol. The highest BCUT2D eigenvalue weighted by Gasteiger charge is 2.36. The molecule has 0 fully saturated rings. The number of rotatable bonds is 2. The summed E-state index contributed by atoms with van der Waals surface area (Å²) in [6, 6.07) is 4.52. The van der Waals surface area contributed by atoms with Crippen molar-refractivity contribution >= 4 is 21.8 Å². The van der Waals surface area contributed by atoms with Gasteiger partial charge in [-0.15, -0.1) is 0 Å². The number of aromatic nitrogens is 2. The molecule has 2 N–H and O–H groups in total. The minimum atomic E-state index is -2.69. The Labute approximate surface area is 133 Å². The molecule has 0 radical (unpaired) electrons. The molecule has 1 aliphatic rings. The zero-order chi connectivity index (χ0) is 16.1. The molecule has 0 saturated carbocycles. The quantitative estimate of drug-likeness (QED) is 0.878. The predicted molar refractivity (Wildman–Crippen MR) is 79.4 cm³/mol. The van der Waals surface area contributed by atoms with Gasteiger partial charge in [0.2, 0.25) is 0 Å². The third-order valence-electron chi connectivity index (χ3n) is 3.60. The van der Waals surface area contributed by atoms with E-state index in [9.17, 15) is 13.2 Å². The molecule has 8 heteroatoms. The topological polar surface area (TPSA) is 56.2 Å². The molecule has 0 aliphatic carbocycles. The van der Waals surface area contributed by atoms with Crippen LogP contribution in [0, 0.1) is 5.82 Å². The van der Waals surface area contributed by atoms with Crippen molar-refractivity contribution in [2.75, 3.05) is 0 Å². The summed E-state index contributed by atoms with van der Waals surface area (Å²) in [5.74, 6) is -0.233. The van der Waals surface area contributed by atoms with Gasteiger partial charge in [-0.1, -0.05) is 15.9 Å². The number of aliphatic imine (C=N–C) groups is 1. The molecular weight excluding hydrogens is 361 g/mol. The standard InChI is InChI=1S/C14H12BrF3N4/c1-14(8-4-7(15)2-3-9(8)16)6-22-5-10(11(17)18)20-13(22)12(19)21-14/h2-5,11H,6H2,1H3,(H2,19,21)/t14-/m0/s1. The van der Waals surface area contributed by atoms with E-state index in [1.807, 2.05) is 0 Å². The van der Waals surface area contributed by atoms with Crippen molar-refractivity contribution in [3.05, 3.63) is 51.8 Å². The first-order valence-corrected chi connectivity index (χ1v) is 7.26. The molecule has 2 heterocycles. The highest BCUT2D eigenvalue weighted by Crippen LogP contribution is 2.35. The normalized spacial score (nSPS) is 20.9. The first-order chi connectivity index (χ1) is 10.3. The van der Waals surface area contributed by atoms with E-state index in [1.165, 1.54) is 16.8 Å². The summed E-state index contributed by atoms with van der Waals surface area (Å²) in [6.07, 6.45) is -1.46. The summed E-state index contributed by atoms with van der Waals surface area (Å²) in [5, 5.41) is 0. The minimum absolute atomic E-state index is 0.0139. The Bertz CT molecular complexity index is 771. The van der Waals surface area contributed by atoms with Gasteiger partial charge >= 0.3 is 0 Å². The summed E-state index contributed by atoms with van der Waals surface area (Å²) in [5.41, 5.74) is 4.82. The maximum atomic E-state index is 14.2. The average molecular weight is 373 g/mol. The van der Waals surface area contributed by atoms with Crippen LogP contribution in [0.3, 0.4) is 0 Å². The van der Waals surface area contributed by atoms with Crippen LogP contribution in [0.4, 0.5) is 13.2 Å². The molecule has 116 valence electrons. The molecule has 0 amide bonds. The largest absolute Gasteiger partial charge is 0.381 e. The van der Waals surface area contributed by atoms with Gasteiger partial charge in [-0.05, 0) is 25.1 Å². The SMILES string of the molecule is C[C@@]1(c2cc(Br)ccc2F)Cn2cc(C(F)F)nc2C(N)=N1. The first-order valence-electron chi connectivity index (χ1n) is 6.46. The average Bonchev–Trinajstić information content (AvgIpc) is 2.85. The third-order valence-corrected chi connectivity index (χ3v) is 4.10. The summed E-state index contributed by atoms with van der Waals surface area (Å²) >= 11 is 3.29. The van der Waals surface area contributed by atoms with Crippen LogP contribution >= 0.6 is 15.9 Å². The summed E-state index contributed by atoms with van der Waals surface area (Å²) in [4.78, 5) is 8.09. The summed E-state index contributed by atoms with van der Waals surface area (Å²) in [7, 11) is 0. The molecule has 0 bridgehead atoms. The molecule has 0 saturated heterocycles. The zero-order valence-corrected chi connectivity index (χ0v) is 13.1. The number of hydrogen-bond acceptors (Lipinski definition) is 3. The lowest BCUT2D eigenvalue weighted by molar-refractivity contribution is 0.146. The van der Waals surface area contributed by atoms with Crippen LogP contribution in [0.15, 0.2) is 33.9 Å². The Balaban J connectivity index is 2.10. The predicted octanol–water partition coefficient (Wildman–Crippen LogP) is 3.36. The summed E-state index contributed by atoms with van der Waals surface area (Å²) in [6.45, 7) is 1.88. The van der Waals surface area contributed by atoms with Gasteiger partial charge < -0.3 is 10.3 Å². The van der Waals surface area contributed by atoms with Crippen molar-refractivity contribution in [2.45, 2.75) is 25.4 Å². The van der Waals surface area contributed by atoms with E-state index in [0.717, 1.165) is 0 Å². The number of nitrogens with zero attached hydrogens (tertiary/aromatic N) is 3. The Kier molecular flexibility index (Phi) is 3.51. The second kappa shape index (κ2) is 5.12. The number of imidazole rings is 1. The van der Waals surface area contributed by atoms with Gasteiger partial charge in [0, 0.05) is 16.2 Å². The van der Waals surface area contributed by atoms with Gasteiger partial charge in [-0.3, -0.25) is 4.99 Å². The smallest absolute Gasteiger partial charge is 0.281 e. The van der Waals surface area contributed by atoms with Gasteiger partial charge in [-0.25, -0.2) is 18.2 Å². The van der Waals surface area contributed by atoms with Crippen LogP contribution in [-0.4, -0.2) is 15.4 Å². The summed E-state index contributed by atoms with van der Waals surface area (Å²) < 4.78 is 41.9. The maximum absolute atomic E-state index is 14.2. The van der Waals surface area contributed by atoms with E-state index < -0.39 is 17.8 Å². The van der Waals surface area contributed by atoms with Crippen molar-refractivity contribution in [1.29, 1.82) is 0 Å². The third kappa shape index (κ3) is 2.41. The molecular formula is C14H12BrF3N4. The maximum Gasteiger partial charge on any atom is 0.281 e. The fraction of sp³-hybridized carbons (Fsp3) is 0.286. The van der Waals surface area contributed by atoms with Crippen LogP contribution in [0.25, 0.3) is 0 Å². The fourth-order valence-electron chi connectivity index (χ4n) is 2.60. The first kappa shape index (κ1) is 15.1. The van der Waals surface area contributed by atoms with Gasteiger partial charge in [-0.2, -0.15) is 0 Å². The van der Waals surface area contributed by atoms with E-state index in [2.05, 4.69) is 25.9 Å². The van der Waals surface area contributed by atoms with Crippen molar-refractivity contribution in [3.8, 4) is 0 Å². The van der Waals surface area contributed by atoms with Crippen LogP contribution in [0.2, 0.25) is 0 Å². The number of fused-ring (bicyclic) bond motifs is 1. The second-order valence-corrected chi connectivity index (χ2v) is 6.23. The Morgan fingerprint density at radius 1 is 1.41 bits per heavy atom. The van der Waals surface area contributed by atoms with Gasteiger partial charge in [0.15, 0.2) is 11.7 Å². The molecule has 1 aliphatic heterocycles. The van der Waals surface area contributed by atoms with Crippen molar-refractivity contribution < 1.29 is 13.2 Å². The number of nitrogens with two attached hydrogens (primary N) is 1. The van der Waals surface area contributed by atoms with Gasteiger partial charge in [0.25, 0.3) is 6.43 Å². The number of alkyl halides is 2. The molecule has 1 aromatic heterocycles. The molecule has 1 aromatic carbocycles. The lowest BCUT2D eigenvalue weighted by atomic mass is 9.91. The molecule has 2 aromatic rings. The molecule has 22 heavy (non-hydrogen) atoms. The Morgan fingerprint density at radius 2 is 2.14 bits per heavy atom. The van der Waals surface area contributed by atoms with Gasteiger partial charge in [0.05, 0.1) is 6.54 Å². The van der Waals surface area contributed by atoms with E-state index in [-0.39, 0.29) is 23.9 Å². The molecule has 0 spiro atoms. The van der Waals surface area contributed by atoms with E-state index in [0.29, 0.717) is 10.0 Å². The Hall–Kier alpha value is -1.83. The fourth-order valence-corrected chi connectivity index (χ4v) is 2.97. The molecule has 0 unspecified atom stereocenters.